The number of hydrogen-bond acceptors (Lipinski definition) is 5. The number of methoxy groups -OCH3 is 2. The highest BCUT2D eigenvalue weighted by atomic mass is 16.5. The van der Waals surface area contributed by atoms with E-state index in [4.69, 9.17) is 4.74 Å². The molecule has 0 aromatic heterocycles. The van der Waals surface area contributed by atoms with Gasteiger partial charge in [-0.1, -0.05) is 0 Å². The second-order valence-electron chi connectivity index (χ2n) is 4.75. The molecular weight excluding hydrogens is 248 g/mol. The standard InChI is InChI=1S/C13H24N2O4/c1-18-10-9-15(8-6-13(17)19-2)7-5-12(16)14-11-3-4-11/h11H,3-10H2,1-2H3,(H,14,16). The highest BCUT2D eigenvalue weighted by Gasteiger charge is 2.23. The predicted molar refractivity (Wildman–Crippen MR) is 70.7 cm³/mol. The molecule has 0 heterocycles. The van der Waals surface area contributed by atoms with Gasteiger partial charge in [0.25, 0.3) is 0 Å². The van der Waals surface area contributed by atoms with Gasteiger partial charge in [-0.05, 0) is 12.8 Å². The van der Waals surface area contributed by atoms with Gasteiger partial charge in [-0.3, -0.25) is 14.5 Å². The highest BCUT2D eigenvalue weighted by molar-refractivity contribution is 5.76. The van der Waals surface area contributed by atoms with E-state index in [9.17, 15) is 9.59 Å². The Hall–Kier alpha value is -1.14. The predicted octanol–water partition coefficient (Wildman–Crippen LogP) is 0.167. The van der Waals surface area contributed by atoms with E-state index in [1.165, 1.54) is 7.11 Å². The van der Waals surface area contributed by atoms with Crippen LogP contribution in [0, 0.1) is 0 Å². The lowest BCUT2D eigenvalue weighted by Crippen LogP contribution is -2.35. The Morgan fingerprint density at radius 1 is 1.16 bits per heavy atom. The van der Waals surface area contributed by atoms with Crippen molar-refractivity contribution in [1.29, 1.82) is 0 Å². The maximum absolute atomic E-state index is 11.6. The molecule has 0 bridgehead atoms. The number of carbonyl (C=O) groups excluding carboxylic acids is 2. The van der Waals surface area contributed by atoms with Crippen LogP contribution in [0.15, 0.2) is 0 Å². The average Bonchev–Trinajstić information content (AvgIpc) is 3.21. The first-order valence-corrected chi connectivity index (χ1v) is 6.73. The smallest absolute Gasteiger partial charge is 0.306 e. The van der Waals surface area contributed by atoms with Crippen LogP contribution < -0.4 is 5.32 Å². The van der Waals surface area contributed by atoms with E-state index < -0.39 is 0 Å². The zero-order valence-corrected chi connectivity index (χ0v) is 11.8. The van der Waals surface area contributed by atoms with E-state index in [2.05, 4.69) is 10.1 Å². The minimum Gasteiger partial charge on any atom is -0.469 e. The van der Waals surface area contributed by atoms with E-state index >= 15 is 0 Å². The van der Waals surface area contributed by atoms with Crippen molar-refractivity contribution in [2.75, 3.05) is 40.5 Å². The van der Waals surface area contributed by atoms with Gasteiger partial charge < -0.3 is 14.8 Å². The lowest BCUT2D eigenvalue weighted by Gasteiger charge is -2.21. The highest BCUT2D eigenvalue weighted by Crippen LogP contribution is 2.18. The van der Waals surface area contributed by atoms with E-state index in [0.29, 0.717) is 45.1 Å². The molecule has 19 heavy (non-hydrogen) atoms. The topological polar surface area (TPSA) is 67.9 Å². The molecule has 0 radical (unpaired) electrons. The Morgan fingerprint density at radius 3 is 2.42 bits per heavy atom. The summed E-state index contributed by atoms with van der Waals surface area (Å²) in [6, 6.07) is 0.398. The minimum atomic E-state index is -0.232. The monoisotopic (exact) mass is 272 g/mol. The van der Waals surface area contributed by atoms with Crippen LogP contribution in [-0.2, 0) is 19.1 Å². The maximum Gasteiger partial charge on any atom is 0.306 e. The number of nitrogens with zero attached hydrogens (tertiary/aromatic N) is 1. The molecule has 1 rings (SSSR count). The second kappa shape index (κ2) is 8.87. The summed E-state index contributed by atoms with van der Waals surface area (Å²) in [5, 5.41) is 2.95. The van der Waals surface area contributed by atoms with Crippen LogP contribution in [0.1, 0.15) is 25.7 Å². The molecule has 1 saturated carbocycles. The van der Waals surface area contributed by atoms with E-state index in [0.717, 1.165) is 12.8 Å². The molecule has 0 aromatic rings. The normalized spacial score (nSPS) is 14.5. The molecule has 0 saturated heterocycles. The molecule has 110 valence electrons. The van der Waals surface area contributed by atoms with Crippen LogP contribution in [0.4, 0.5) is 0 Å². The van der Waals surface area contributed by atoms with Gasteiger partial charge in [0.1, 0.15) is 0 Å². The van der Waals surface area contributed by atoms with Gasteiger partial charge in [-0.15, -0.1) is 0 Å². The molecule has 6 nitrogen and oxygen atoms in total. The van der Waals surface area contributed by atoms with Gasteiger partial charge in [0.2, 0.25) is 5.91 Å². The third kappa shape index (κ3) is 7.79. The van der Waals surface area contributed by atoms with Gasteiger partial charge in [-0.2, -0.15) is 0 Å². The number of nitrogens with one attached hydrogen (secondary N) is 1. The molecule has 0 atom stereocenters. The summed E-state index contributed by atoms with van der Waals surface area (Å²) in [6.07, 6.45) is 2.99. The van der Waals surface area contributed by atoms with Gasteiger partial charge in [-0.25, -0.2) is 0 Å². The maximum atomic E-state index is 11.6. The fourth-order valence-electron chi connectivity index (χ4n) is 1.69. The van der Waals surface area contributed by atoms with Crippen molar-refractivity contribution in [3.05, 3.63) is 0 Å². The first kappa shape index (κ1) is 15.9. The Bertz CT molecular complexity index is 292. The quantitative estimate of drug-likeness (QED) is 0.574. The molecule has 1 fully saturated rings. The first-order chi connectivity index (χ1) is 9.15. The van der Waals surface area contributed by atoms with Crippen LogP contribution in [0.5, 0.6) is 0 Å². The fraction of sp³-hybridized carbons (Fsp3) is 0.846. The summed E-state index contributed by atoms with van der Waals surface area (Å²) in [6.45, 7) is 2.53. The second-order valence-corrected chi connectivity index (χ2v) is 4.75. The summed E-state index contributed by atoms with van der Waals surface area (Å²) < 4.78 is 9.64. The summed E-state index contributed by atoms with van der Waals surface area (Å²) >= 11 is 0. The largest absolute Gasteiger partial charge is 0.469 e. The number of hydrogen-bond donors (Lipinski definition) is 1. The summed E-state index contributed by atoms with van der Waals surface area (Å²) in [5.41, 5.74) is 0. The fourth-order valence-corrected chi connectivity index (χ4v) is 1.69. The van der Waals surface area contributed by atoms with Crippen LogP contribution >= 0.6 is 0 Å². The van der Waals surface area contributed by atoms with Crippen LogP contribution in [0.2, 0.25) is 0 Å². The van der Waals surface area contributed by atoms with Crippen molar-refractivity contribution < 1.29 is 19.1 Å². The van der Waals surface area contributed by atoms with Crippen LogP contribution in [0.3, 0.4) is 0 Å². The zero-order valence-electron chi connectivity index (χ0n) is 11.8. The summed E-state index contributed by atoms with van der Waals surface area (Å²) in [7, 11) is 3.02. The Balaban J connectivity index is 2.22. The third-order valence-corrected chi connectivity index (χ3v) is 3.07. The van der Waals surface area contributed by atoms with Crippen LogP contribution in [-0.4, -0.2) is 63.3 Å². The van der Waals surface area contributed by atoms with Gasteiger partial charge in [0.15, 0.2) is 0 Å². The number of ether oxygens (including phenoxy) is 2. The number of carbonyl (C=O) groups is 2. The van der Waals surface area contributed by atoms with Crippen molar-refractivity contribution in [3.63, 3.8) is 0 Å². The molecule has 0 aliphatic heterocycles. The lowest BCUT2D eigenvalue weighted by molar-refractivity contribution is -0.141. The number of esters is 1. The summed E-state index contributed by atoms with van der Waals surface area (Å²) in [4.78, 5) is 24.8. The van der Waals surface area contributed by atoms with Gasteiger partial charge in [0.05, 0.1) is 20.1 Å². The average molecular weight is 272 g/mol. The van der Waals surface area contributed by atoms with E-state index in [-0.39, 0.29) is 11.9 Å². The van der Waals surface area contributed by atoms with Crippen LogP contribution in [0.25, 0.3) is 0 Å². The summed E-state index contributed by atoms with van der Waals surface area (Å²) in [5.74, 6) is -0.146. The molecule has 0 unspecified atom stereocenters. The molecule has 0 spiro atoms. The molecule has 1 amide bonds. The van der Waals surface area contributed by atoms with E-state index in [1.807, 2.05) is 4.90 Å². The van der Waals surface area contributed by atoms with Crippen molar-refractivity contribution in [2.24, 2.45) is 0 Å². The Labute approximate surface area is 114 Å². The lowest BCUT2D eigenvalue weighted by atomic mass is 10.3. The van der Waals surface area contributed by atoms with Crippen molar-refractivity contribution in [1.82, 2.24) is 10.2 Å². The van der Waals surface area contributed by atoms with Gasteiger partial charge in [0, 0.05) is 39.2 Å². The zero-order chi connectivity index (χ0) is 14.1. The van der Waals surface area contributed by atoms with Crippen molar-refractivity contribution in [2.45, 2.75) is 31.7 Å². The molecule has 1 aliphatic rings. The third-order valence-electron chi connectivity index (χ3n) is 3.07. The SMILES string of the molecule is COCCN(CCC(=O)NC1CC1)CCC(=O)OC. The number of rotatable bonds is 10. The van der Waals surface area contributed by atoms with Crippen molar-refractivity contribution >= 4 is 11.9 Å². The number of amides is 1. The van der Waals surface area contributed by atoms with Gasteiger partial charge >= 0.3 is 5.97 Å². The molecular formula is C13H24N2O4. The molecule has 1 aliphatic carbocycles. The Morgan fingerprint density at radius 2 is 1.84 bits per heavy atom. The van der Waals surface area contributed by atoms with E-state index in [1.54, 1.807) is 7.11 Å². The molecule has 1 N–H and O–H groups in total. The first-order valence-electron chi connectivity index (χ1n) is 6.73. The van der Waals surface area contributed by atoms with Crippen molar-refractivity contribution in [3.8, 4) is 0 Å². The Kier molecular flexibility index (Phi) is 7.43. The molecule has 0 aromatic carbocycles. The molecule has 6 heteroatoms. The minimum absolute atomic E-state index is 0.0861.